The van der Waals surface area contributed by atoms with Crippen molar-refractivity contribution in [1.29, 1.82) is 0 Å². The summed E-state index contributed by atoms with van der Waals surface area (Å²) in [6.45, 7) is 4.13. The average Bonchev–Trinajstić information content (AvgIpc) is 2.79. The van der Waals surface area contributed by atoms with E-state index in [1.54, 1.807) is 0 Å². The van der Waals surface area contributed by atoms with Crippen molar-refractivity contribution < 1.29 is 14.0 Å². The summed E-state index contributed by atoms with van der Waals surface area (Å²) >= 11 is 0. The molecule has 2 saturated heterocycles. The number of amides is 2. The van der Waals surface area contributed by atoms with Crippen LogP contribution in [0, 0.1) is 11.7 Å². The maximum Gasteiger partial charge on any atom is 0.251 e. The lowest BCUT2D eigenvalue weighted by molar-refractivity contribution is -0.136. The van der Waals surface area contributed by atoms with Crippen LogP contribution in [0.15, 0.2) is 24.3 Å². The van der Waals surface area contributed by atoms with Crippen molar-refractivity contribution in [3.63, 3.8) is 0 Å². The van der Waals surface area contributed by atoms with Gasteiger partial charge in [-0.1, -0.05) is 13.8 Å². The molecule has 2 heterocycles. The predicted octanol–water partition coefficient (Wildman–Crippen LogP) is 3.12. The summed E-state index contributed by atoms with van der Waals surface area (Å²) in [5.41, 5.74) is 0.474. The van der Waals surface area contributed by atoms with Gasteiger partial charge in [0.2, 0.25) is 5.91 Å². The molecule has 3 atom stereocenters. The predicted molar refractivity (Wildman–Crippen MR) is 90.0 cm³/mol. The monoisotopic (exact) mass is 332 g/mol. The molecule has 5 heteroatoms. The summed E-state index contributed by atoms with van der Waals surface area (Å²) in [5.74, 6) is 0.108. The second-order valence-corrected chi connectivity index (χ2v) is 7.43. The molecule has 2 fully saturated rings. The van der Waals surface area contributed by atoms with Crippen LogP contribution in [0.3, 0.4) is 0 Å². The highest BCUT2D eigenvalue weighted by Crippen LogP contribution is 2.36. The summed E-state index contributed by atoms with van der Waals surface area (Å²) in [5, 5.41) is 3.06. The van der Waals surface area contributed by atoms with Gasteiger partial charge in [0.25, 0.3) is 5.91 Å². The third kappa shape index (κ3) is 3.60. The van der Waals surface area contributed by atoms with E-state index in [4.69, 9.17) is 0 Å². The van der Waals surface area contributed by atoms with Gasteiger partial charge in [0.1, 0.15) is 5.82 Å². The molecular weight excluding hydrogens is 307 g/mol. The average molecular weight is 332 g/mol. The number of benzene rings is 1. The van der Waals surface area contributed by atoms with Gasteiger partial charge in [0.05, 0.1) is 0 Å². The van der Waals surface area contributed by atoms with Crippen molar-refractivity contribution in [2.75, 3.05) is 0 Å². The first-order valence-electron chi connectivity index (χ1n) is 8.81. The van der Waals surface area contributed by atoms with Crippen LogP contribution in [-0.4, -0.2) is 34.8 Å². The number of hydrogen-bond acceptors (Lipinski definition) is 2. The number of carbonyl (C=O) groups excluding carboxylic acids is 2. The van der Waals surface area contributed by atoms with E-state index < -0.39 is 0 Å². The maximum atomic E-state index is 13.0. The zero-order valence-electron chi connectivity index (χ0n) is 14.3. The first-order valence-corrected chi connectivity index (χ1v) is 8.81. The zero-order chi connectivity index (χ0) is 17.3. The lowest BCUT2D eigenvalue weighted by Gasteiger charge is -2.39. The third-order valence-electron chi connectivity index (χ3n) is 5.05. The first-order chi connectivity index (χ1) is 11.4. The number of nitrogens with zero attached hydrogens (tertiary/aromatic N) is 1. The van der Waals surface area contributed by atoms with Gasteiger partial charge in [-0.05, 0) is 55.9 Å². The van der Waals surface area contributed by atoms with Crippen molar-refractivity contribution in [2.45, 2.75) is 64.1 Å². The van der Waals surface area contributed by atoms with E-state index in [1.165, 1.54) is 24.3 Å². The van der Waals surface area contributed by atoms with Crippen LogP contribution in [0.1, 0.15) is 56.3 Å². The van der Waals surface area contributed by atoms with Crippen molar-refractivity contribution in [2.24, 2.45) is 5.92 Å². The van der Waals surface area contributed by atoms with E-state index in [2.05, 4.69) is 24.1 Å². The van der Waals surface area contributed by atoms with Gasteiger partial charge in [-0.3, -0.25) is 9.59 Å². The molecule has 1 aromatic carbocycles. The first kappa shape index (κ1) is 16.9. The molecule has 1 unspecified atom stereocenters. The van der Waals surface area contributed by atoms with E-state index in [1.807, 2.05) is 0 Å². The molecule has 24 heavy (non-hydrogen) atoms. The van der Waals surface area contributed by atoms with Crippen LogP contribution in [0.5, 0.6) is 0 Å². The lowest BCUT2D eigenvalue weighted by atomic mass is 9.95. The SMILES string of the molecule is CC(C)CC(=O)N1[C@@H]2CC[C@H]1CC(NC(=O)c1ccc(F)cc1)C2. The van der Waals surface area contributed by atoms with E-state index >= 15 is 0 Å². The molecular formula is C19H25FN2O2. The molecule has 4 nitrogen and oxygen atoms in total. The molecule has 0 radical (unpaired) electrons. The molecule has 2 amide bonds. The minimum absolute atomic E-state index is 0.0863. The van der Waals surface area contributed by atoms with Gasteiger partial charge >= 0.3 is 0 Å². The van der Waals surface area contributed by atoms with E-state index in [0.717, 1.165) is 25.7 Å². The third-order valence-corrected chi connectivity index (χ3v) is 5.05. The molecule has 0 saturated carbocycles. The van der Waals surface area contributed by atoms with E-state index in [9.17, 15) is 14.0 Å². The fourth-order valence-corrected chi connectivity index (χ4v) is 4.03. The van der Waals surface area contributed by atoms with Crippen molar-refractivity contribution >= 4 is 11.8 Å². The highest BCUT2D eigenvalue weighted by molar-refractivity contribution is 5.94. The second kappa shape index (κ2) is 6.91. The van der Waals surface area contributed by atoms with Gasteiger partial charge < -0.3 is 10.2 Å². The van der Waals surface area contributed by atoms with Crippen molar-refractivity contribution in [3.8, 4) is 0 Å². The molecule has 0 spiro atoms. The van der Waals surface area contributed by atoms with Gasteiger partial charge in [-0.15, -0.1) is 0 Å². The maximum absolute atomic E-state index is 13.0. The van der Waals surface area contributed by atoms with Crippen molar-refractivity contribution in [3.05, 3.63) is 35.6 Å². The molecule has 0 aliphatic carbocycles. The van der Waals surface area contributed by atoms with E-state index in [-0.39, 0.29) is 35.8 Å². The van der Waals surface area contributed by atoms with Gasteiger partial charge in [0.15, 0.2) is 0 Å². The Morgan fingerprint density at radius 3 is 2.29 bits per heavy atom. The summed E-state index contributed by atoms with van der Waals surface area (Å²) < 4.78 is 13.0. The van der Waals surface area contributed by atoms with Crippen LogP contribution < -0.4 is 5.32 Å². The Bertz CT molecular complexity index is 600. The van der Waals surface area contributed by atoms with Crippen LogP contribution in [0.25, 0.3) is 0 Å². The Hall–Kier alpha value is -1.91. The Labute approximate surface area is 142 Å². The van der Waals surface area contributed by atoms with Gasteiger partial charge in [-0.2, -0.15) is 0 Å². The normalized spacial score (nSPS) is 25.8. The Morgan fingerprint density at radius 2 is 1.75 bits per heavy atom. The summed E-state index contributed by atoms with van der Waals surface area (Å²) in [4.78, 5) is 26.8. The van der Waals surface area contributed by atoms with E-state index in [0.29, 0.717) is 17.9 Å². The molecule has 2 aliphatic rings. The second-order valence-electron chi connectivity index (χ2n) is 7.43. The number of nitrogens with one attached hydrogen (secondary N) is 1. The summed E-state index contributed by atoms with van der Waals surface area (Å²) in [7, 11) is 0. The topological polar surface area (TPSA) is 49.4 Å². The number of rotatable bonds is 4. The Morgan fingerprint density at radius 1 is 1.17 bits per heavy atom. The molecule has 2 bridgehead atoms. The van der Waals surface area contributed by atoms with Crippen LogP contribution in [0.4, 0.5) is 4.39 Å². The minimum Gasteiger partial charge on any atom is -0.349 e. The molecule has 1 aromatic rings. The quantitative estimate of drug-likeness (QED) is 0.921. The molecule has 0 aromatic heterocycles. The largest absolute Gasteiger partial charge is 0.349 e. The van der Waals surface area contributed by atoms with Gasteiger partial charge in [-0.25, -0.2) is 4.39 Å². The molecule has 2 aliphatic heterocycles. The number of fused-ring (bicyclic) bond motifs is 2. The molecule has 1 N–H and O–H groups in total. The smallest absolute Gasteiger partial charge is 0.251 e. The minimum atomic E-state index is -0.346. The highest BCUT2D eigenvalue weighted by atomic mass is 19.1. The van der Waals surface area contributed by atoms with Gasteiger partial charge in [0, 0.05) is 30.1 Å². The van der Waals surface area contributed by atoms with Crippen LogP contribution in [0.2, 0.25) is 0 Å². The zero-order valence-corrected chi connectivity index (χ0v) is 14.3. The summed E-state index contributed by atoms with van der Waals surface area (Å²) in [6, 6.07) is 6.17. The lowest BCUT2D eigenvalue weighted by Crippen LogP contribution is -2.52. The fourth-order valence-electron chi connectivity index (χ4n) is 4.03. The number of piperidine rings is 1. The standard InChI is InChI=1S/C19H25FN2O2/c1-12(2)9-18(23)22-16-7-8-17(22)11-15(10-16)21-19(24)13-3-5-14(20)6-4-13/h3-6,12,15-17H,7-11H2,1-2H3,(H,21,24)/t15?,16-,17+. The van der Waals surface area contributed by atoms with Crippen molar-refractivity contribution in [1.82, 2.24) is 10.2 Å². The molecule has 3 rings (SSSR count). The highest BCUT2D eigenvalue weighted by Gasteiger charge is 2.43. The van der Waals surface area contributed by atoms with Crippen LogP contribution in [-0.2, 0) is 4.79 Å². The van der Waals surface area contributed by atoms with Crippen LogP contribution >= 0.6 is 0 Å². The number of carbonyl (C=O) groups is 2. The Kier molecular flexibility index (Phi) is 4.88. The Balaban J connectivity index is 1.60. The number of hydrogen-bond donors (Lipinski definition) is 1. The summed E-state index contributed by atoms with van der Waals surface area (Å²) in [6.07, 6.45) is 4.27. The molecule has 130 valence electrons. The number of halogens is 1. The fraction of sp³-hybridized carbons (Fsp3) is 0.579.